The van der Waals surface area contributed by atoms with E-state index in [0.717, 1.165) is 16.7 Å². The molecule has 0 aromatic heterocycles. The number of rotatable bonds is 12. The first-order valence-corrected chi connectivity index (χ1v) is 19.3. The lowest BCUT2D eigenvalue weighted by atomic mass is 9.83. The van der Waals surface area contributed by atoms with E-state index < -0.39 is 51.2 Å². The maximum atomic E-state index is 14.2. The first kappa shape index (κ1) is 44.8. The van der Waals surface area contributed by atoms with Crippen molar-refractivity contribution in [1.82, 2.24) is 20.9 Å². The highest BCUT2D eigenvalue weighted by molar-refractivity contribution is 5.99. The molecule has 0 radical (unpaired) electrons. The maximum absolute atomic E-state index is 14.2. The van der Waals surface area contributed by atoms with Gasteiger partial charge in [-0.05, 0) is 109 Å². The van der Waals surface area contributed by atoms with Gasteiger partial charge >= 0.3 is 0 Å². The molecule has 0 aliphatic rings. The van der Waals surface area contributed by atoms with E-state index in [1.165, 1.54) is 0 Å². The number of benzene rings is 3. The molecule has 10 nitrogen and oxygen atoms in total. The fourth-order valence-electron chi connectivity index (χ4n) is 6.13. The molecule has 302 valence electrons. The van der Waals surface area contributed by atoms with Crippen molar-refractivity contribution in [3.63, 3.8) is 0 Å². The Hall–Kier alpha value is -4.57. The number of amides is 3. The molecule has 0 fully saturated rings. The Labute approximate surface area is 329 Å². The molecule has 0 unspecified atom stereocenters. The summed E-state index contributed by atoms with van der Waals surface area (Å²) in [5.74, 6) is -2.83. The second kappa shape index (κ2) is 17.1. The quantitative estimate of drug-likeness (QED) is 0.193. The van der Waals surface area contributed by atoms with Gasteiger partial charge in [-0.3, -0.25) is 19.3 Å². The Morgan fingerprint density at radius 1 is 0.473 bits per heavy atom. The standard InChI is InChI=1S/C45H66N4O6/c1-25(2)46-40(53)34-19-31(43(7,8)9)16-28(37(34)50)22-49(23-29-17-32(44(10,11)12)20-35(38(29)51)41(54)47-26(3)4)24-30-18-33(45(13,14)15)21-36(39(30)52)42(55)48-27(5)6/h16-21,25-27,50-52H,22-24H2,1-15H3,(H,46,53)(H,47,54)(H,48,55)/p-3. The van der Waals surface area contributed by atoms with Gasteiger partial charge in [0.2, 0.25) is 0 Å². The summed E-state index contributed by atoms with van der Waals surface area (Å²) < 4.78 is 0. The van der Waals surface area contributed by atoms with Gasteiger partial charge in [0.1, 0.15) is 0 Å². The van der Waals surface area contributed by atoms with E-state index in [9.17, 15) is 29.7 Å². The molecule has 0 aliphatic carbocycles. The SMILES string of the molecule is CC(C)NC(=O)c1cc(C(C)(C)C)cc(CN(Cc2cc(C(C)(C)C)cc(C(=O)NC(C)C)c2[O-])Cc2cc(C(C)(C)C)cc(C(=O)NC(C)C)c2[O-])c1[O-]. The molecular formula is C45H63N4O6-3. The zero-order valence-corrected chi connectivity index (χ0v) is 35.7. The van der Waals surface area contributed by atoms with E-state index in [1.54, 1.807) is 36.4 Å². The summed E-state index contributed by atoms with van der Waals surface area (Å²) in [6.45, 7) is 28.8. The van der Waals surface area contributed by atoms with Crippen molar-refractivity contribution in [2.45, 2.75) is 158 Å². The van der Waals surface area contributed by atoms with Crippen LogP contribution in [0.3, 0.4) is 0 Å². The second-order valence-corrected chi connectivity index (χ2v) is 18.8. The molecule has 0 aliphatic heterocycles. The van der Waals surface area contributed by atoms with Gasteiger partial charge in [0.15, 0.2) is 0 Å². The van der Waals surface area contributed by atoms with Crippen molar-refractivity contribution in [1.29, 1.82) is 0 Å². The molecule has 10 heteroatoms. The van der Waals surface area contributed by atoms with Gasteiger partial charge in [0, 0.05) is 54.5 Å². The fraction of sp³-hybridized carbons (Fsp3) is 0.533. The van der Waals surface area contributed by atoms with E-state index in [0.29, 0.717) is 16.7 Å². The van der Waals surface area contributed by atoms with Crippen LogP contribution in [-0.2, 0) is 35.9 Å². The van der Waals surface area contributed by atoms with Crippen LogP contribution in [0.5, 0.6) is 17.2 Å². The van der Waals surface area contributed by atoms with Crippen molar-refractivity contribution < 1.29 is 29.7 Å². The Balaban J connectivity index is 2.37. The molecule has 0 heterocycles. The predicted molar refractivity (Wildman–Crippen MR) is 215 cm³/mol. The Bertz CT molecular complexity index is 1670. The van der Waals surface area contributed by atoms with Gasteiger partial charge < -0.3 is 31.3 Å². The highest BCUT2D eigenvalue weighted by Crippen LogP contribution is 2.36. The van der Waals surface area contributed by atoms with E-state index in [4.69, 9.17) is 0 Å². The van der Waals surface area contributed by atoms with Crippen LogP contribution in [0.4, 0.5) is 0 Å². The third kappa shape index (κ3) is 11.7. The van der Waals surface area contributed by atoms with Crippen LogP contribution in [-0.4, -0.2) is 40.7 Å². The average Bonchev–Trinajstić information content (AvgIpc) is 3.00. The zero-order chi connectivity index (χ0) is 42.0. The lowest BCUT2D eigenvalue weighted by Gasteiger charge is -2.33. The summed E-state index contributed by atoms with van der Waals surface area (Å²) in [5, 5.41) is 51.1. The minimum Gasteiger partial charge on any atom is -0.872 e. The van der Waals surface area contributed by atoms with Crippen molar-refractivity contribution >= 4 is 17.7 Å². The number of hydrogen-bond donors (Lipinski definition) is 3. The van der Waals surface area contributed by atoms with E-state index >= 15 is 0 Å². The van der Waals surface area contributed by atoms with Crippen LogP contribution in [0.2, 0.25) is 0 Å². The minimum atomic E-state index is -0.486. The largest absolute Gasteiger partial charge is 0.872 e. The Kier molecular flexibility index (Phi) is 13.9. The monoisotopic (exact) mass is 755 g/mol. The molecule has 0 atom stereocenters. The fourth-order valence-corrected chi connectivity index (χ4v) is 6.13. The van der Waals surface area contributed by atoms with Crippen molar-refractivity contribution in [2.75, 3.05) is 0 Å². The van der Waals surface area contributed by atoms with Crippen molar-refractivity contribution in [3.8, 4) is 17.2 Å². The zero-order valence-electron chi connectivity index (χ0n) is 35.7. The van der Waals surface area contributed by atoms with Crippen LogP contribution in [0, 0.1) is 0 Å². The molecule has 3 rings (SSSR count). The van der Waals surface area contributed by atoms with Gasteiger partial charge in [0.25, 0.3) is 17.7 Å². The number of nitrogens with zero attached hydrogens (tertiary/aromatic N) is 1. The van der Waals surface area contributed by atoms with Crippen molar-refractivity contribution in [3.05, 3.63) is 86.5 Å². The minimum absolute atomic E-state index is 0.00912. The molecule has 0 saturated heterocycles. The molecule has 3 N–H and O–H groups in total. The summed E-state index contributed by atoms with van der Waals surface area (Å²) in [5.41, 5.74) is 2.01. The van der Waals surface area contributed by atoms with Gasteiger partial charge in [-0.25, -0.2) is 0 Å². The van der Waals surface area contributed by atoms with Crippen LogP contribution < -0.4 is 31.3 Å². The lowest BCUT2D eigenvalue weighted by Crippen LogP contribution is -2.33. The molecule has 0 bridgehead atoms. The molecule has 0 spiro atoms. The van der Waals surface area contributed by atoms with Crippen LogP contribution in [0.15, 0.2) is 36.4 Å². The predicted octanol–water partition coefficient (Wildman–Crippen LogP) is 6.42. The summed E-state index contributed by atoms with van der Waals surface area (Å²) in [6, 6.07) is 9.67. The number of carbonyl (C=O) groups excluding carboxylic acids is 3. The number of carbonyl (C=O) groups is 3. The van der Waals surface area contributed by atoms with Crippen LogP contribution in [0.25, 0.3) is 0 Å². The molecule has 0 saturated carbocycles. The molecule has 3 amide bonds. The summed E-state index contributed by atoms with van der Waals surface area (Å²) in [7, 11) is 0. The first-order chi connectivity index (χ1) is 25.1. The molecule has 55 heavy (non-hydrogen) atoms. The topological polar surface area (TPSA) is 160 Å². The normalized spacial score (nSPS) is 12.5. The van der Waals surface area contributed by atoms with Crippen LogP contribution in [0.1, 0.15) is 168 Å². The van der Waals surface area contributed by atoms with Gasteiger partial charge in [-0.15, -0.1) is 0 Å². The Morgan fingerprint density at radius 3 is 0.873 bits per heavy atom. The first-order valence-electron chi connectivity index (χ1n) is 19.3. The van der Waals surface area contributed by atoms with Gasteiger partial charge in [-0.2, -0.15) is 0 Å². The summed E-state index contributed by atoms with van der Waals surface area (Å²) in [6.07, 6.45) is 0. The number of hydrogen-bond acceptors (Lipinski definition) is 7. The molecule has 3 aromatic rings. The summed E-state index contributed by atoms with van der Waals surface area (Å²) in [4.78, 5) is 42.0. The van der Waals surface area contributed by atoms with Crippen molar-refractivity contribution in [2.24, 2.45) is 0 Å². The summed E-state index contributed by atoms with van der Waals surface area (Å²) >= 11 is 0. The second-order valence-electron chi connectivity index (χ2n) is 18.8. The van der Waals surface area contributed by atoms with E-state index in [-0.39, 0.29) is 54.5 Å². The van der Waals surface area contributed by atoms with Crippen LogP contribution >= 0.6 is 0 Å². The average molecular weight is 756 g/mol. The lowest BCUT2D eigenvalue weighted by molar-refractivity contribution is -0.270. The highest BCUT2D eigenvalue weighted by atomic mass is 16.3. The van der Waals surface area contributed by atoms with Gasteiger partial charge in [-0.1, -0.05) is 97.8 Å². The molecular weight excluding hydrogens is 693 g/mol. The Morgan fingerprint density at radius 2 is 0.691 bits per heavy atom. The highest BCUT2D eigenvalue weighted by Gasteiger charge is 2.25. The molecule has 3 aromatic carbocycles. The maximum Gasteiger partial charge on any atom is 0.250 e. The smallest absolute Gasteiger partial charge is 0.250 e. The van der Waals surface area contributed by atoms with E-state index in [2.05, 4.69) is 16.0 Å². The van der Waals surface area contributed by atoms with Gasteiger partial charge in [0.05, 0.1) is 0 Å². The number of nitrogens with one attached hydrogen (secondary N) is 3. The van der Waals surface area contributed by atoms with E-state index in [1.807, 2.05) is 109 Å². The third-order valence-electron chi connectivity index (χ3n) is 9.27. The third-order valence-corrected chi connectivity index (χ3v) is 9.27.